The molecule has 3 rings (SSSR count). The summed E-state index contributed by atoms with van der Waals surface area (Å²) in [4.78, 5) is 23.5. The molecule has 5 heteroatoms. The third-order valence-electron chi connectivity index (χ3n) is 4.02. The van der Waals surface area contributed by atoms with Crippen LogP contribution in [0.1, 0.15) is 6.92 Å². The average Bonchev–Trinajstić information content (AvgIpc) is 2.62. The van der Waals surface area contributed by atoms with Gasteiger partial charge in [0.15, 0.2) is 0 Å². The maximum atomic E-state index is 12.3. The Bertz CT molecular complexity index is 483. The summed E-state index contributed by atoms with van der Waals surface area (Å²) >= 11 is 12.3. The lowest BCUT2D eigenvalue weighted by molar-refractivity contribution is -0.158. The number of alkyl halides is 1. The number of carbonyl (C=O) groups excluding carboxylic acids is 2. The van der Waals surface area contributed by atoms with Crippen molar-refractivity contribution < 1.29 is 14.3 Å². The van der Waals surface area contributed by atoms with Gasteiger partial charge >= 0.3 is 5.97 Å². The van der Waals surface area contributed by atoms with E-state index in [1.54, 1.807) is 6.08 Å². The summed E-state index contributed by atoms with van der Waals surface area (Å²) in [5.74, 6) is -1.14. The van der Waals surface area contributed by atoms with Crippen LogP contribution in [0.25, 0.3) is 0 Å². The molecule has 96 valence electrons. The number of Topliss-reactive ketones (excluding diaryl/α,β-unsaturated/α-hetero) is 1. The molecule has 0 saturated heterocycles. The smallest absolute Gasteiger partial charge is 0.302 e. The van der Waals surface area contributed by atoms with Gasteiger partial charge in [0.1, 0.15) is 11.9 Å². The number of allylic oxidation sites excluding steroid dienone is 2. The number of carbonyl (C=O) groups is 2. The second-order valence-corrected chi connectivity index (χ2v) is 5.93. The van der Waals surface area contributed by atoms with Crippen LogP contribution in [0, 0.1) is 23.7 Å². The minimum Gasteiger partial charge on any atom is -0.461 e. The summed E-state index contributed by atoms with van der Waals surface area (Å²) in [6, 6.07) is 0. The van der Waals surface area contributed by atoms with Crippen LogP contribution in [-0.2, 0) is 14.3 Å². The molecule has 0 aliphatic heterocycles. The summed E-state index contributed by atoms with van der Waals surface area (Å²) in [5.41, 5.74) is 0. The van der Waals surface area contributed by atoms with Crippen molar-refractivity contribution in [3.63, 3.8) is 0 Å². The van der Waals surface area contributed by atoms with Crippen LogP contribution >= 0.6 is 23.2 Å². The zero-order valence-corrected chi connectivity index (χ0v) is 11.2. The summed E-state index contributed by atoms with van der Waals surface area (Å²) in [6.07, 6.45) is 5.33. The Morgan fingerprint density at radius 3 is 2.67 bits per heavy atom. The fraction of sp³-hybridized carbons (Fsp3) is 0.538. The van der Waals surface area contributed by atoms with Crippen molar-refractivity contribution in [2.45, 2.75) is 18.4 Å². The Morgan fingerprint density at radius 1 is 1.33 bits per heavy atom. The Hall–Kier alpha value is -0.800. The molecule has 0 aromatic heterocycles. The van der Waals surface area contributed by atoms with E-state index in [9.17, 15) is 9.59 Å². The maximum absolute atomic E-state index is 12.3. The van der Waals surface area contributed by atoms with E-state index in [-0.39, 0.29) is 41.5 Å². The van der Waals surface area contributed by atoms with Crippen molar-refractivity contribution >= 4 is 35.0 Å². The SMILES string of the molecule is CC(=O)OC1[C@H]2C=C[C@@H]1[C@H]1C=C(Cl)[C@H](Cl)[C@@H]2C1=O. The Labute approximate surface area is 115 Å². The molecule has 0 spiro atoms. The van der Waals surface area contributed by atoms with Crippen molar-refractivity contribution in [2.75, 3.05) is 0 Å². The highest BCUT2D eigenvalue weighted by Gasteiger charge is 2.56. The van der Waals surface area contributed by atoms with Crippen LogP contribution < -0.4 is 0 Å². The van der Waals surface area contributed by atoms with E-state index in [0.29, 0.717) is 5.03 Å². The molecule has 4 bridgehead atoms. The highest BCUT2D eigenvalue weighted by molar-refractivity contribution is 6.38. The van der Waals surface area contributed by atoms with E-state index in [2.05, 4.69) is 0 Å². The van der Waals surface area contributed by atoms with E-state index in [1.165, 1.54) is 6.92 Å². The minimum atomic E-state index is -0.512. The van der Waals surface area contributed by atoms with Crippen molar-refractivity contribution in [3.05, 3.63) is 23.3 Å². The topological polar surface area (TPSA) is 43.4 Å². The molecule has 1 unspecified atom stereocenters. The number of halogens is 2. The van der Waals surface area contributed by atoms with Crippen LogP contribution in [0.2, 0.25) is 0 Å². The number of fused-ring (bicyclic) bond motifs is 6. The monoisotopic (exact) mass is 286 g/mol. The molecule has 0 aromatic carbocycles. The van der Waals surface area contributed by atoms with Crippen LogP contribution in [0.3, 0.4) is 0 Å². The molecule has 3 aliphatic rings. The van der Waals surface area contributed by atoms with E-state index < -0.39 is 5.38 Å². The first kappa shape index (κ1) is 12.2. The van der Waals surface area contributed by atoms with Gasteiger partial charge in [-0.2, -0.15) is 0 Å². The highest BCUT2D eigenvalue weighted by atomic mass is 35.5. The first-order valence-corrected chi connectivity index (χ1v) is 6.72. The summed E-state index contributed by atoms with van der Waals surface area (Å²) in [6.45, 7) is 1.38. The molecular formula is C13H12Cl2O3. The fourth-order valence-corrected chi connectivity index (χ4v) is 3.93. The van der Waals surface area contributed by atoms with Gasteiger partial charge in [0.25, 0.3) is 0 Å². The second-order valence-electron chi connectivity index (χ2n) is 5.02. The normalized spacial score (nSPS) is 44.8. The summed E-state index contributed by atoms with van der Waals surface area (Å²) < 4.78 is 5.36. The van der Waals surface area contributed by atoms with Crippen molar-refractivity contribution in [3.8, 4) is 0 Å². The molecule has 0 heterocycles. The summed E-state index contributed by atoms with van der Waals surface area (Å²) in [7, 11) is 0. The number of ketones is 1. The van der Waals surface area contributed by atoms with Crippen LogP contribution in [0.4, 0.5) is 0 Å². The standard InChI is InChI=1S/C13H12Cl2O3/c1-5(16)18-13-6-2-3-7(13)10-11(15)9(14)4-8(6)12(10)17/h2-4,6-8,10-11,13H,1H3/t6-,7+,8-,10-,11+,13?/m1/s1. The lowest BCUT2D eigenvalue weighted by Crippen LogP contribution is -2.52. The highest BCUT2D eigenvalue weighted by Crippen LogP contribution is 2.51. The van der Waals surface area contributed by atoms with E-state index in [1.807, 2.05) is 12.2 Å². The number of hydrogen-bond donors (Lipinski definition) is 0. The van der Waals surface area contributed by atoms with Crippen molar-refractivity contribution in [2.24, 2.45) is 23.7 Å². The van der Waals surface area contributed by atoms with Crippen LogP contribution in [0.5, 0.6) is 0 Å². The largest absolute Gasteiger partial charge is 0.461 e. The molecule has 18 heavy (non-hydrogen) atoms. The Morgan fingerprint density at radius 2 is 2.00 bits per heavy atom. The number of rotatable bonds is 1. The number of hydrogen-bond acceptors (Lipinski definition) is 3. The van der Waals surface area contributed by atoms with Gasteiger partial charge in [0, 0.05) is 35.6 Å². The van der Waals surface area contributed by atoms with Gasteiger partial charge in [0.2, 0.25) is 0 Å². The van der Waals surface area contributed by atoms with Crippen LogP contribution in [-0.4, -0.2) is 23.2 Å². The zero-order valence-electron chi connectivity index (χ0n) is 9.68. The molecule has 1 fully saturated rings. The van der Waals surface area contributed by atoms with Crippen molar-refractivity contribution in [1.29, 1.82) is 0 Å². The molecule has 6 atom stereocenters. The Balaban J connectivity index is 2.02. The number of ether oxygens (including phenoxy) is 1. The maximum Gasteiger partial charge on any atom is 0.302 e. The van der Waals surface area contributed by atoms with Crippen LogP contribution in [0.15, 0.2) is 23.3 Å². The predicted octanol–water partition coefficient (Wildman–Crippen LogP) is 2.28. The van der Waals surface area contributed by atoms with Gasteiger partial charge in [-0.15, -0.1) is 11.6 Å². The third-order valence-corrected chi connectivity index (χ3v) is 5.00. The molecule has 3 nitrogen and oxygen atoms in total. The lowest BCUT2D eigenvalue weighted by atomic mass is 9.65. The van der Waals surface area contributed by atoms with Crippen molar-refractivity contribution in [1.82, 2.24) is 0 Å². The summed E-state index contributed by atoms with van der Waals surface area (Å²) in [5, 5.41) is 0.0217. The van der Waals surface area contributed by atoms with Gasteiger partial charge in [-0.25, -0.2) is 0 Å². The number of esters is 1. The van der Waals surface area contributed by atoms with E-state index in [0.717, 1.165) is 0 Å². The van der Waals surface area contributed by atoms with E-state index in [4.69, 9.17) is 27.9 Å². The van der Waals surface area contributed by atoms with Gasteiger partial charge in [0.05, 0.1) is 5.38 Å². The zero-order chi connectivity index (χ0) is 13.0. The predicted molar refractivity (Wildman–Crippen MR) is 67.2 cm³/mol. The molecule has 3 aliphatic carbocycles. The van der Waals surface area contributed by atoms with Gasteiger partial charge < -0.3 is 4.74 Å². The van der Waals surface area contributed by atoms with Gasteiger partial charge in [-0.3, -0.25) is 9.59 Å². The van der Waals surface area contributed by atoms with E-state index >= 15 is 0 Å². The molecule has 0 radical (unpaired) electrons. The first-order chi connectivity index (χ1) is 8.50. The molecule has 0 amide bonds. The van der Waals surface area contributed by atoms with Gasteiger partial charge in [-0.1, -0.05) is 29.8 Å². The molecule has 0 aromatic rings. The average molecular weight is 287 g/mol. The second kappa shape index (κ2) is 4.10. The van der Waals surface area contributed by atoms with Gasteiger partial charge in [-0.05, 0) is 0 Å². The molecule has 1 saturated carbocycles. The molecule has 0 N–H and O–H groups in total. The quantitative estimate of drug-likeness (QED) is 0.422. The molecular weight excluding hydrogens is 275 g/mol. The third kappa shape index (κ3) is 1.57. The lowest BCUT2D eigenvalue weighted by Gasteiger charge is -2.43. The first-order valence-electron chi connectivity index (χ1n) is 5.91. The minimum absolute atomic E-state index is 0.0967. The fourth-order valence-electron chi connectivity index (χ4n) is 3.30. The Kier molecular flexibility index (Phi) is 2.79.